The summed E-state index contributed by atoms with van der Waals surface area (Å²) in [7, 11) is 5.63. The van der Waals surface area contributed by atoms with Crippen LogP contribution in [0.15, 0.2) is 0 Å². The van der Waals surface area contributed by atoms with Gasteiger partial charge in [0.15, 0.2) is 11.6 Å². The van der Waals surface area contributed by atoms with Gasteiger partial charge in [-0.1, -0.05) is 13.8 Å². The lowest BCUT2D eigenvalue weighted by Gasteiger charge is -2.16. The zero-order valence-electron chi connectivity index (χ0n) is 13.6. The van der Waals surface area contributed by atoms with Crippen molar-refractivity contribution in [3.05, 3.63) is 5.82 Å². The minimum atomic E-state index is 0.320. The van der Waals surface area contributed by atoms with Crippen LogP contribution >= 0.6 is 0 Å². The zero-order chi connectivity index (χ0) is 15.8. The summed E-state index contributed by atoms with van der Waals surface area (Å²) >= 11 is 0. The second kappa shape index (κ2) is 8.63. The summed E-state index contributed by atoms with van der Waals surface area (Å²) in [4.78, 5) is 10.8. The molecule has 1 aromatic heterocycles. The molecule has 0 saturated heterocycles. The van der Waals surface area contributed by atoms with Crippen molar-refractivity contribution in [2.75, 3.05) is 52.0 Å². The number of hydrogen-bond donors (Lipinski definition) is 2. The average molecular weight is 297 g/mol. The third kappa shape index (κ3) is 6.14. The Hall–Kier alpha value is -1.60. The van der Waals surface area contributed by atoms with Gasteiger partial charge in [-0.2, -0.15) is 4.98 Å². The van der Waals surface area contributed by atoms with Crippen molar-refractivity contribution in [1.82, 2.24) is 14.9 Å². The van der Waals surface area contributed by atoms with Crippen LogP contribution in [0.25, 0.3) is 0 Å². The van der Waals surface area contributed by atoms with Gasteiger partial charge < -0.3 is 25.4 Å². The molecule has 1 heterocycles. The normalized spacial score (nSPS) is 11.2. The first kappa shape index (κ1) is 17.5. The van der Waals surface area contributed by atoms with Gasteiger partial charge in [0, 0.05) is 20.2 Å². The second-order valence-electron chi connectivity index (χ2n) is 5.58. The van der Waals surface area contributed by atoms with Gasteiger partial charge in [-0.25, -0.2) is 4.98 Å². The molecule has 0 amide bonds. The molecule has 0 atom stereocenters. The minimum absolute atomic E-state index is 0.320. The molecule has 120 valence electrons. The Balaban J connectivity index is 2.87. The van der Waals surface area contributed by atoms with Gasteiger partial charge in [-0.15, -0.1) is 0 Å². The summed E-state index contributed by atoms with van der Waals surface area (Å²) in [6.45, 7) is 6.65. The minimum Gasteiger partial charge on any atom is -0.476 e. The fraction of sp³-hybridized carbons (Fsp3) is 0.714. The van der Waals surface area contributed by atoms with Gasteiger partial charge in [0.2, 0.25) is 5.88 Å². The van der Waals surface area contributed by atoms with E-state index in [1.54, 1.807) is 7.11 Å². The van der Waals surface area contributed by atoms with Crippen molar-refractivity contribution in [1.29, 1.82) is 0 Å². The molecule has 0 fully saturated rings. The van der Waals surface area contributed by atoms with Crippen LogP contribution in [0.5, 0.6) is 5.88 Å². The maximum atomic E-state index is 6.08. The van der Waals surface area contributed by atoms with Crippen molar-refractivity contribution in [2.24, 2.45) is 5.92 Å². The Morgan fingerprint density at radius 2 is 2.00 bits per heavy atom. The summed E-state index contributed by atoms with van der Waals surface area (Å²) in [5.41, 5.74) is 6.52. The SMILES string of the molecule is COCc1nc(NCCN(C)C)c(N)c(OCC(C)C)n1. The smallest absolute Gasteiger partial charge is 0.242 e. The number of likely N-dealkylation sites (N-methyl/N-ethyl adjacent to an activating group) is 1. The van der Waals surface area contributed by atoms with Crippen LogP contribution < -0.4 is 15.8 Å². The van der Waals surface area contributed by atoms with Crippen molar-refractivity contribution < 1.29 is 9.47 Å². The van der Waals surface area contributed by atoms with Crippen molar-refractivity contribution in [2.45, 2.75) is 20.5 Å². The molecule has 7 nitrogen and oxygen atoms in total. The van der Waals surface area contributed by atoms with E-state index in [9.17, 15) is 0 Å². The standard InChI is InChI=1S/C14H27N5O2/c1-10(2)8-21-14-12(15)13(16-6-7-19(3)4)17-11(18-14)9-20-5/h10H,6-9,15H2,1-5H3,(H,16,17,18). The van der Waals surface area contributed by atoms with E-state index in [1.165, 1.54) is 0 Å². The zero-order valence-corrected chi connectivity index (χ0v) is 13.6. The number of aromatic nitrogens is 2. The Morgan fingerprint density at radius 1 is 1.29 bits per heavy atom. The molecule has 0 saturated carbocycles. The first-order chi connectivity index (χ1) is 9.93. The van der Waals surface area contributed by atoms with E-state index < -0.39 is 0 Å². The topological polar surface area (TPSA) is 85.5 Å². The number of nitrogen functional groups attached to an aromatic ring is 1. The highest BCUT2D eigenvalue weighted by Crippen LogP contribution is 2.26. The maximum Gasteiger partial charge on any atom is 0.242 e. The first-order valence-corrected chi connectivity index (χ1v) is 7.10. The quantitative estimate of drug-likeness (QED) is 0.708. The Bertz CT molecular complexity index is 438. The van der Waals surface area contributed by atoms with Gasteiger partial charge in [0.1, 0.15) is 12.3 Å². The largest absolute Gasteiger partial charge is 0.476 e. The Morgan fingerprint density at radius 3 is 2.57 bits per heavy atom. The summed E-state index contributed by atoms with van der Waals surface area (Å²) in [6.07, 6.45) is 0. The summed E-state index contributed by atoms with van der Waals surface area (Å²) < 4.78 is 10.8. The van der Waals surface area contributed by atoms with Crippen LogP contribution in [0.4, 0.5) is 11.5 Å². The number of hydrogen-bond acceptors (Lipinski definition) is 7. The fourth-order valence-corrected chi connectivity index (χ4v) is 1.57. The van der Waals surface area contributed by atoms with Crippen LogP contribution in [0.2, 0.25) is 0 Å². The van der Waals surface area contributed by atoms with Crippen molar-refractivity contribution >= 4 is 11.5 Å². The van der Waals surface area contributed by atoms with E-state index in [2.05, 4.69) is 34.0 Å². The average Bonchev–Trinajstić information content (AvgIpc) is 2.40. The molecule has 0 aliphatic rings. The molecule has 0 unspecified atom stereocenters. The summed E-state index contributed by atoms with van der Waals surface area (Å²) in [6, 6.07) is 0. The third-order valence-electron chi connectivity index (χ3n) is 2.64. The molecule has 0 spiro atoms. The number of nitrogens with one attached hydrogen (secondary N) is 1. The first-order valence-electron chi connectivity index (χ1n) is 7.10. The van der Waals surface area contributed by atoms with E-state index in [4.69, 9.17) is 15.2 Å². The van der Waals surface area contributed by atoms with E-state index in [0.29, 0.717) is 42.3 Å². The van der Waals surface area contributed by atoms with E-state index in [1.807, 2.05) is 14.1 Å². The predicted octanol–water partition coefficient (Wildman–Crippen LogP) is 1.21. The molecule has 1 rings (SSSR count). The van der Waals surface area contributed by atoms with Gasteiger partial charge in [-0.05, 0) is 20.0 Å². The molecule has 0 aromatic carbocycles. The molecule has 0 bridgehead atoms. The van der Waals surface area contributed by atoms with E-state index in [0.717, 1.165) is 13.1 Å². The van der Waals surface area contributed by atoms with Crippen LogP contribution in [0.3, 0.4) is 0 Å². The van der Waals surface area contributed by atoms with E-state index >= 15 is 0 Å². The maximum absolute atomic E-state index is 6.08. The molecule has 21 heavy (non-hydrogen) atoms. The third-order valence-corrected chi connectivity index (χ3v) is 2.64. The molecule has 1 aromatic rings. The van der Waals surface area contributed by atoms with Gasteiger partial charge >= 0.3 is 0 Å². The van der Waals surface area contributed by atoms with Crippen molar-refractivity contribution in [3.8, 4) is 5.88 Å². The van der Waals surface area contributed by atoms with Gasteiger partial charge in [-0.3, -0.25) is 0 Å². The lowest BCUT2D eigenvalue weighted by Crippen LogP contribution is -2.22. The van der Waals surface area contributed by atoms with Crippen molar-refractivity contribution in [3.63, 3.8) is 0 Å². The van der Waals surface area contributed by atoms with Crippen LogP contribution in [-0.4, -0.2) is 55.8 Å². The van der Waals surface area contributed by atoms with Crippen LogP contribution in [-0.2, 0) is 11.3 Å². The fourth-order valence-electron chi connectivity index (χ4n) is 1.57. The monoisotopic (exact) mass is 297 g/mol. The molecular weight excluding hydrogens is 270 g/mol. The number of ether oxygens (including phenoxy) is 2. The number of methoxy groups -OCH3 is 1. The Labute approximate surface area is 126 Å². The number of rotatable bonds is 9. The number of nitrogens with two attached hydrogens (primary N) is 1. The predicted molar refractivity (Wildman–Crippen MR) is 84.5 cm³/mol. The van der Waals surface area contributed by atoms with Crippen LogP contribution in [0, 0.1) is 5.92 Å². The molecule has 0 aliphatic heterocycles. The van der Waals surface area contributed by atoms with Gasteiger partial charge in [0.05, 0.1) is 6.61 Å². The number of anilines is 2. The lowest BCUT2D eigenvalue weighted by atomic mass is 10.2. The molecule has 0 radical (unpaired) electrons. The highest BCUT2D eigenvalue weighted by atomic mass is 16.5. The Kier molecular flexibility index (Phi) is 7.18. The molecule has 7 heteroatoms. The molecule has 3 N–H and O–H groups in total. The number of nitrogens with zero attached hydrogens (tertiary/aromatic N) is 3. The van der Waals surface area contributed by atoms with E-state index in [-0.39, 0.29) is 0 Å². The second-order valence-corrected chi connectivity index (χ2v) is 5.58. The highest BCUT2D eigenvalue weighted by Gasteiger charge is 2.13. The summed E-state index contributed by atoms with van der Waals surface area (Å²) in [5.74, 6) is 1.96. The molecule has 0 aliphatic carbocycles. The van der Waals surface area contributed by atoms with Crippen LogP contribution in [0.1, 0.15) is 19.7 Å². The molecular formula is C14H27N5O2. The van der Waals surface area contributed by atoms with Gasteiger partial charge in [0.25, 0.3) is 0 Å². The highest BCUT2D eigenvalue weighted by molar-refractivity contribution is 5.66. The summed E-state index contributed by atoms with van der Waals surface area (Å²) in [5, 5.41) is 3.22. The lowest BCUT2D eigenvalue weighted by molar-refractivity contribution is 0.176.